The summed E-state index contributed by atoms with van der Waals surface area (Å²) in [5.74, 6) is -12.5. The molecule has 0 spiro atoms. The highest BCUT2D eigenvalue weighted by molar-refractivity contribution is 6.02. The molecule has 8 aliphatic rings. The average molecular weight is 1790 g/mol. The number of carbonyl (C=O) groups is 8. The van der Waals surface area contributed by atoms with Crippen LogP contribution in [0.1, 0.15) is 218 Å². The SMILES string of the molecule is O=C(NCc1ccc(F)cc1F)c1cn2c(c(O)c1=O)C(=O)N1CCCC[C@@H]2C1.O=C(NCc1ccc(F)cc1F)c1cn2c(c(O)c1=O)C(=O)N1CCCC[C@H]2C1.O=C(NCc1ccc(F)cc1F)c1cn2c(c(OCc3ccccc3)c1=O)C(=O)N1CCCC[C@@H]2C1.O=C(NCc1ccc(F)cc1F)c1cn2c(c(OCc3ccccc3)c1=O)C(=O)N1CCCC[C@H]2C1. The molecule has 676 valence electrons. The first kappa shape index (κ1) is 90.3. The minimum Gasteiger partial charge on any atom is -0.503 e. The second-order valence-corrected chi connectivity index (χ2v) is 32.7. The van der Waals surface area contributed by atoms with E-state index in [0.29, 0.717) is 64.5 Å². The van der Waals surface area contributed by atoms with Crippen LogP contribution in [0.2, 0.25) is 0 Å². The lowest BCUT2D eigenvalue weighted by molar-refractivity contribution is 0.0667. The Hall–Kier alpha value is -14.5. The lowest BCUT2D eigenvalue weighted by Crippen LogP contribution is -2.44. The van der Waals surface area contributed by atoms with Gasteiger partial charge in [0.15, 0.2) is 45.8 Å². The van der Waals surface area contributed by atoms with Gasteiger partial charge in [-0.3, -0.25) is 57.5 Å². The Morgan fingerprint density at radius 3 is 0.831 bits per heavy atom. The summed E-state index contributed by atoms with van der Waals surface area (Å²) in [7, 11) is 0. The zero-order chi connectivity index (χ0) is 91.9. The molecule has 8 bridgehead atoms. The molecule has 4 atom stereocenters. The van der Waals surface area contributed by atoms with Crippen molar-refractivity contribution in [2.45, 2.75) is 141 Å². The summed E-state index contributed by atoms with van der Waals surface area (Å²) in [5, 5.41) is 30.7. The molecule has 6 N–H and O–H groups in total. The van der Waals surface area contributed by atoms with Gasteiger partial charge in [-0.15, -0.1) is 0 Å². The summed E-state index contributed by atoms with van der Waals surface area (Å²) < 4.78 is 126. The molecular formula is C94H88F8N12O16. The highest BCUT2D eigenvalue weighted by atomic mass is 19.2. The number of carbonyl (C=O) groups excluding carboxylic acids is 8. The molecule has 12 heterocycles. The number of nitrogens with zero attached hydrogens (tertiary/aromatic N) is 8. The van der Waals surface area contributed by atoms with Gasteiger partial charge in [0.25, 0.3) is 47.3 Å². The normalized spacial score (nSPS) is 17.4. The van der Waals surface area contributed by atoms with E-state index in [1.807, 2.05) is 60.7 Å². The molecule has 28 nitrogen and oxygen atoms in total. The van der Waals surface area contributed by atoms with E-state index in [9.17, 15) is 103 Å². The van der Waals surface area contributed by atoms with E-state index < -0.39 is 115 Å². The zero-order valence-corrected chi connectivity index (χ0v) is 69.9. The summed E-state index contributed by atoms with van der Waals surface area (Å²) in [4.78, 5) is 162. The van der Waals surface area contributed by atoms with Crippen LogP contribution in [0.15, 0.2) is 177 Å². The number of pyridine rings is 4. The lowest BCUT2D eigenvalue weighted by atomic mass is 10.1. The molecule has 0 radical (unpaired) electrons. The molecule has 18 rings (SSSR count). The fourth-order valence-electron chi connectivity index (χ4n) is 17.3. The number of benzene rings is 6. The second kappa shape index (κ2) is 39.4. The van der Waals surface area contributed by atoms with Crippen LogP contribution < -0.4 is 52.5 Å². The summed E-state index contributed by atoms with van der Waals surface area (Å²) in [6.45, 7) is 3.34. The Balaban J connectivity index is 0.000000134. The molecule has 4 saturated heterocycles. The molecule has 10 aromatic rings. The van der Waals surface area contributed by atoms with Gasteiger partial charge >= 0.3 is 0 Å². The molecule has 6 aromatic carbocycles. The Morgan fingerprint density at radius 2 is 0.569 bits per heavy atom. The van der Waals surface area contributed by atoms with E-state index in [4.69, 9.17) is 9.47 Å². The number of aromatic hydroxyl groups is 2. The minimum absolute atomic E-state index is 0.0485. The molecule has 0 saturated carbocycles. The Labute approximate surface area is 736 Å². The molecule has 8 amide bonds. The lowest BCUT2D eigenvalue weighted by Gasteiger charge is -2.35. The van der Waals surface area contributed by atoms with Gasteiger partial charge in [-0.1, -0.05) is 84.9 Å². The second-order valence-electron chi connectivity index (χ2n) is 32.7. The van der Waals surface area contributed by atoms with Crippen molar-refractivity contribution < 1.29 is 93.2 Å². The third kappa shape index (κ3) is 19.5. The van der Waals surface area contributed by atoms with Crippen molar-refractivity contribution in [3.05, 3.63) is 324 Å². The maximum Gasteiger partial charge on any atom is 0.274 e. The summed E-state index contributed by atoms with van der Waals surface area (Å²) in [5.41, 5.74) is -2.43. The fraction of sp³-hybridized carbons (Fsp3) is 0.319. The van der Waals surface area contributed by atoms with Crippen LogP contribution in [0, 0.1) is 46.5 Å². The average Bonchev–Trinajstić information content (AvgIpc) is 1.16. The fourth-order valence-corrected chi connectivity index (χ4v) is 17.3. The van der Waals surface area contributed by atoms with E-state index in [-0.39, 0.29) is 154 Å². The predicted molar refractivity (Wildman–Crippen MR) is 453 cm³/mol. The first-order valence-electron chi connectivity index (χ1n) is 42.5. The summed E-state index contributed by atoms with van der Waals surface area (Å²) >= 11 is 0. The predicted octanol–water partition coefficient (Wildman–Crippen LogP) is 11.5. The number of aromatic nitrogens is 4. The third-order valence-electron chi connectivity index (χ3n) is 24.2. The zero-order valence-electron chi connectivity index (χ0n) is 69.9. The quantitative estimate of drug-likeness (QED) is 0.0435. The number of ether oxygens (including phenoxy) is 2. The molecular weight excluding hydrogens is 1710 g/mol. The number of hydrogen-bond acceptors (Lipinski definition) is 16. The molecule has 130 heavy (non-hydrogen) atoms. The molecule has 4 aromatic heterocycles. The van der Waals surface area contributed by atoms with Crippen LogP contribution >= 0.6 is 0 Å². The van der Waals surface area contributed by atoms with Gasteiger partial charge in [0.2, 0.25) is 21.7 Å². The van der Waals surface area contributed by atoms with Crippen molar-refractivity contribution in [3.63, 3.8) is 0 Å². The van der Waals surface area contributed by atoms with Gasteiger partial charge in [0.1, 0.15) is 82.0 Å². The number of nitrogens with one attached hydrogen (secondary N) is 4. The Morgan fingerprint density at radius 1 is 0.323 bits per heavy atom. The third-order valence-corrected chi connectivity index (χ3v) is 24.2. The van der Waals surface area contributed by atoms with E-state index >= 15 is 0 Å². The largest absolute Gasteiger partial charge is 0.503 e. The highest BCUT2D eigenvalue weighted by Gasteiger charge is 2.42. The number of fused-ring (bicyclic) bond motifs is 16. The number of amides is 8. The molecule has 0 aliphatic carbocycles. The van der Waals surface area contributed by atoms with E-state index in [2.05, 4.69) is 21.3 Å². The van der Waals surface area contributed by atoms with Crippen LogP contribution in [0.25, 0.3) is 0 Å². The minimum atomic E-state index is -0.957. The van der Waals surface area contributed by atoms with Crippen molar-refractivity contribution >= 4 is 47.3 Å². The summed E-state index contributed by atoms with van der Waals surface area (Å²) in [6, 6.07) is 30.0. The Kier molecular flexibility index (Phi) is 27.4. The smallest absolute Gasteiger partial charge is 0.274 e. The molecule has 8 aliphatic heterocycles. The van der Waals surface area contributed by atoms with Gasteiger partial charge in [-0.2, -0.15) is 0 Å². The standard InChI is InChI=1S/2C27H25F2N3O4.2C20H19F2N3O4/c2*28-19-10-9-18(22(29)12-19)13-30-26(34)21-15-32-20-8-4-5-11-31(14-20)27(35)23(32)25(24(21)33)36-16-17-6-2-1-3-7-17;2*21-12-5-4-11(15(22)7-12)8-23-19(28)14-10-25-13-3-1-2-6-24(9-13)20(29)16(25)18(27)17(14)26/h2*1-3,6-7,9-10,12,15,20H,4-5,8,11,13-14,16H2,(H,30,34);2*4-5,7,10,13,27H,1-3,6,8-9H2,(H,23,28)/t2*20-;2*13-/m1010/s1. The first-order valence-corrected chi connectivity index (χ1v) is 42.5. The van der Waals surface area contributed by atoms with Crippen LogP contribution in [0.4, 0.5) is 35.1 Å². The van der Waals surface area contributed by atoms with Gasteiger partial charge in [-0.25, -0.2) is 35.1 Å². The van der Waals surface area contributed by atoms with Gasteiger partial charge in [-0.05, 0) is 112 Å². The van der Waals surface area contributed by atoms with Crippen LogP contribution in [0.5, 0.6) is 23.0 Å². The molecule has 36 heteroatoms. The maximum atomic E-state index is 14.0. The van der Waals surface area contributed by atoms with Crippen LogP contribution in [-0.2, 0) is 39.4 Å². The Bertz CT molecular complexity index is 6010. The van der Waals surface area contributed by atoms with Gasteiger partial charge in [0, 0.05) is 150 Å². The van der Waals surface area contributed by atoms with E-state index in [0.717, 1.165) is 125 Å². The van der Waals surface area contributed by atoms with Crippen LogP contribution in [0.3, 0.4) is 0 Å². The van der Waals surface area contributed by atoms with Crippen molar-refractivity contribution in [3.8, 4) is 23.0 Å². The van der Waals surface area contributed by atoms with Crippen molar-refractivity contribution in [1.82, 2.24) is 59.1 Å². The molecule has 4 fully saturated rings. The van der Waals surface area contributed by atoms with E-state index in [1.54, 1.807) is 28.7 Å². The topological polar surface area (TPSA) is 345 Å². The number of rotatable bonds is 18. The van der Waals surface area contributed by atoms with Crippen molar-refractivity contribution in [2.24, 2.45) is 0 Å². The van der Waals surface area contributed by atoms with Gasteiger partial charge in [0.05, 0.1) is 24.2 Å². The van der Waals surface area contributed by atoms with Gasteiger partial charge < -0.3 is 78.8 Å². The number of halogens is 8. The summed E-state index contributed by atoms with van der Waals surface area (Å²) in [6.07, 6.45) is 15.4. The first-order chi connectivity index (χ1) is 62.6. The van der Waals surface area contributed by atoms with Crippen molar-refractivity contribution in [2.75, 3.05) is 52.4 Å². The van der Waals surface area contributed by atoms with Crippen LogP contribution in [-0.4, -0.2) is 148 Å². The monoisotopic (exact) mass is 1790 g/mol. The highest BCUT2D eigenvalue weighted by Crippen LogP contribution is 2.38. The molecule has 0 unspecified atom stereocenters. The maximum absolute atomic E-state index is 14.0. The number of hydrogen-bond donors (Lipinski definition) is 6. The van der Waals surface area contributed by atoms with Crippen molar-refractivity contribution in [1.29, 1.82) is 0 Å². The van der Waals surface area contributed by atoms with E-state index in [1.165, 1.54) is 58.2 Å².